The molecule has 116 valence electrons. The van der Waals surface area contributed by atoms with Crippen LogP contribution in [0.25, 0.3) is 10.8 Å². The largest absolute Gasteiger partial charge is 0.491 e. The van der Waals surface area contributed by atoms with Crippen LogP contribution < -0.4 is 4.74 Å². The molecule has 1 fully saturated rings. The predicted octanol–water partition coefficient (Wildman–Crippen LogP) is 3.57. The zero-order chi connectivity index (χ0) is 15.2. The predicted molar refractivity (Wildman–Crippen MR) is 84.4 cm³/mol. The van der Waals surface area contributed by atoms with Crippen molar-refractivity contribution in [3.8, 4) is 5.75 Å². The van der Waals surface area contributed by atoms with E-state index in [0.717, 1.165) is 42.3 Å². The van der Waals surface area contributed by atoms with Crippen molar-refractivity contribution in [3.63, 3.8) is 0 Å². The lowest BCUT2D eigenvalue weighted by molar-refractivity contribution is -0.165. The fraction of sp³-hybridized carbons (Fsp3) is 0.389. The second-order valence-electron chi connectivity index (χ2n) is 5.40. The van der Waals surface area contributed by atoms with Crippen LogP contribution in [-0.4, -0.2) is 32.4 Å². The van der Waals surface area contributed by atoms with E-state index in [1.807, 2.05) is 36.4 Å². The highest BCUT2D eigenvalue weighted by molar-refractivity contribution is 5.89. The minimum absolute atomic E-state index is 0.0734. The first kappa shape index (κ1) is 15.0. The minimum atomic E-state index is -0.0734. The summed E-state index contributed by atoms with van der Waals surface area (Å²) in [7, 11) is 0. The van der Waals surface area contributed by atoms with Gasteiger partial charge in [-0.15, -0.1) is 0 Å². The first-order chi connectivity index (χ1) is 10.8. The molecule has 0 spiro atoms. The van der Waals surface area contributed by atoms with E-state index in [1.165, 1.54) is 6.42 Å². The van der Waals surface area contributed by atoms with Crippen molar-refractivity contribution in [1.82, 2.24) is 0 Å². The van der Waals surface area contributed by atoms with Gasteiger partial charge in [0.25, 0.3) is 0 Å². The maximum atomic E-state index is 10.8. The van der Waals surface area contributed by atoms with Crippen LogP contribution in [-0.2, 0) is 9.47 Å². The molecule has 0 N–H and O–H groups in total. The first-order valence-electron chi connectivity index (χ1n) is 7.70. The van der Waals surface area contributed by atoms with E-state index < -0.39 is 0 Å². The van der Waals surface area contributed by atoms with E-state index in [-0.39, 0.29) is 6.29 Å². The lowest BCUT2D eigenvalue weighted by Crippen LogP contribution is -2.24. The van der Waals surface area contributed by atoms with Crippen molar-refractivity contribution in [2.75, 3.05) is 19.8 Å². The molecule has 0 aromatic heterocycles. The molecule has 22 heavy (non-hydrogen) atoms. The first-order valence-corrected chi connectivity index (χ1v) is 7.70. The number of hydrogen-bond donors (Lipinski definition) is 0. The molecular weight excluding hydrogens is 280 g/mol. The molecule has 0 radical (unpaired) electrons. The second kappa shape index (κ2) is 7.38. The molecule has 3 rings (SSSR count). The van der Waals surface area contributed by atoms with Crippen molar-refractivity contribution in [3.05, 3.63) is 42.0 Å². The number of ether oxygens (including phenoxy) is 3. The van der Waals surface area contributed by atoms with Crippen molar-refractivity contribution < 1.29 is 19.0 Å². The molecule has 1 aliphatic heterocycles. The maximum absolute atomic E-state index is 10.8. The standard InChI is InChI=1S/C18H20O4/c19-13-14-4-5-16-12-17(7-6-15(16)11-14)20-9-10-22-18-3-1-2-8-21-18/h4-7,11-13,18H,1-3,8-10H2. The third-order valence-electron chi connectivity index (χ3n) is 3.77. The maximum Gasteiger partial charge on any atom is 0.157 e. The fourth-order valence-electron chi connectivity index (χ4n) is 2.59. The number of fused-ring (bicyclic) bond motifs is 1. The SMILES string of the molecule is O=Cc1ccc2cc(OCCOC3CCCCO3)ccc2c1. The Balaban J connectivity index is 1.51. The van der Waals surface area contributed by atoms with Crippen LogP contribution in [0.5, 0.6) is 5.75 Å². The Kier molecular flexibility index (Phi) is 5.03. The molecule has 4 nitrogen and oxygen atoms in total. The van der Waals surface area contributed by atoms with Gasteiger partial charge in [0.1, 0.15) is 18.6 Å². The summed E-state index contributed by atoms with van der Waals surface area (Å²) >= 11 is 0. The highest BCUT2D eigenvalue weighted by atomic mass is 16.7. The lowest BCUT2D eigenvalue weighted by atomic mass is 10.1. The number of rotatable bonds is 6. The molecule has 4 heteroatoms. The zero-order valence-corrected chi connectivity index (χ0v) is 12.5. The lowest BCUT2D eigenvalue weighted by Gasteiger charge is -2.22. The van der Waals surface area contributed by atoms with Gasteiger partial charge in [-0.05, 0) is 48.2 Å². The van der Waals surface area contributed by atoms with Gasteiger partial charge in [-0.25, -0.2) is 0 Å². The molecule has 1 atom stereocenters. The van der Waals surface area contributed by atoms with Gasteiger partial charge in [0.15, 0.2) is 6.29 Å². The van der Waals surface area contributed by atoms with E-state index in [0.29, 0.717) is 18.8 Å². The van der Waals surface area contributed by atoms with Gasteiger partial charge in [0.2, 0.25) is 0 Å². The topological polar surface area (TPSA) is 44.8 Å². The van der Waals surface area contributed by atoms with Crippen molar-refractivity contribution >= 4 is 17.1 Å². The number of benzene rings is 2. The Morgan fingerprint density at radius 3 is 2.77 bits per heavy atom. The second-order valence-corrected chi connectivity index (χ2v) is 5.40. The highest BCUT2D eigenvalue weighted by Gasteiger charge is 2.13. The Morgan fingerprint density at radius 2 is 1.95 bits per heavy atom. The van der Waals surface area contributed by atoms with E-state index in [4.69, 9.17) is 14.2 Å². The fourth-order valence-corrected chi connectivity index (χ4v) is 2.59. The average molecular weight is 300 g/mol. The van der Waals surface area contributed by atoms with Crippen molar-refractivity contribution in [2.24, 2.45) is 0 Å². The summed E-state index contributed by atoms with van der Waals surface area (Å²) in [6.45, 7) is 1.81. The third kappa shape index (κ3) is 3.84. The van der Waals surface area contributed by atoms with Gasteiger partial charge in [-0.1, -0.05) is 18.2 Å². The number of hydrogen-bond acceptors (Lipinski definition) is 4. The van der Waals surface area contributed by atoms with Gasteiger partial charge in [-0.2, -0.15) is 0 Å². The molecule has 1 unspecified atom stereocenters. The van der Waals surface area contributed by atoms with Crippen LogP contribution in [0.1, 0.15) is 29.6 Å². The van der Waals surface area contributed by atoms with Gasteiger partial charge in [-0.3, -0.25) is 4.79 Å². The minimum Gasteiger partial charge on any atom is -0.491 e. The van der Waals surface area contributed by atoms with Crippen LogP contribution in [0.15, 0.2) is 36.4 Å². The molecular formula is C18H20O4. The number of carbonyl (C=O) groups is 1. The summed E-state index contributed by atoms with van der Waals surface area (Å²) in [6.07, 6.45) is 4.04. The molecule has 1 heterocycles. The van der Waals surface area contributed by atoms with E-state index in [2.05, 4.69) is 0 Å². The Labute approximate surface area is 130 Å². The molecule has 0 saturated carbocycles. The summed E-state index contributed by atoms with van der Waals surface area (Å²) in [5, 5.41) is 2.09. The quantitative estimate of drug-likeness (QED) is 0.604. The molecule has 0 aliphatic carbocycles. The molecule has 0 bridgehead atoms. The number of aldehydes is 1. The Morgan fingerprint density at radius 1 is 1.09 bits per heavy atom. The van der Waals surface area contributed by atoms with Crippen LogP contribution >= 0.6 is 0 Å². The third-order valence-corrected chi connectivity index (χ3v) is 3.77. The van der Waals surface area contributed by atoms with E-state index in [1.54, 1.807) is 0 Å². The highest BCUT2D eigenvalue weighted by Crippen LogP contribution is 2.22. The average Bonchev–Trinajstić information content (AvgIpc) is 2.59. The van der Waals surface area contributed by atoms with Gasteiger partial charge in [0.05, 0.1) is 6.61 Å². The molecule has 1 saturated heterocycles. The summed E-state index contributed by atoms with van der Waals surface area (Å²) in [5.41, 5.74) is 0.682. The Hall–Kier alpha value is -1.91. The van der Waals surface area contributed by atoms with E-state index >= 15 is 0 Å². The van der Waals surface area contributed by atoms with Gasteiger partial charge < -0.3 is 14.2 Å². The summed E-state index contributed by atoms with van der Waals surface area (Å²) in [6, 6.07) is 11.5. The molecule has 2 aromatic rings. The van der Waals surface area contributed by atoms with Crippen LogP contribution in [0.2, 0.25) is 0 Å². The van der Waals surface area contributed by atoms with Gasteiger partial charge >= 0.3 is 0 Å². The molecule has 2 aromatic carbocycles. The van der Waals surface area contributed by atoms with Crippen molar-refractivity contribution in [1.29, 1.82) is 0 Å². The normalized spacial score (nSPS) is 18.3. The summed E-state index contributed by atoms with van der Waals surface area (Å²) in [5.74, 6) is 0.805. The zero-order valence-electron chi connectivity index (χ0n) is 12.5. The summed E-state index contributed by atoms with van der Waals surface area (Å²) in [4.78, 5) is 10.8. The van der Waals surface area contributed by atoms with Gasteiger partial charge in [0, 0.05) is 12.2 Å². The molecule has 0 amide bonds. The van der Waals surface area contributed by atoms with Crippen LogP contribution in [0, 0.1) is 0 Å². The smallest absolute Gasteiger partial charge is 0.157 e. The van der Waals surface area contributed by atoms with Crippen molar-refractivity contribution in [2.45, 2.75) is 25.6 Å². The Bertz CT molecular complexity index is 632. The summed E-state index contributed by atoms with van der Waals surface area (Å²) < 4.78 is 16.9. The van der Waals surface area contributed by atoms with Crippen LogP contribution in [0.4, 0.5) is 0 Å². The van der Waals surface area contributed by atoms with Crippen LogP contribution in [0.3, 0.4) is 0 Å². The monoisotopic (exact) mass is 300 g/mol. The molecule has 1 aliphatic rings. The number of carbonyl (C=O) groups excluding carboxylic acids is 1. The van der Waals surface area contributed by atoms with E-state index in [9.17, 15) is 4.79 Å².